The van der Waals surface area contributed by atoms with Gasteiger partial charge in [-0.25, -0.2) is 4.98 Å². The van der Waals surface area contributed by atoms with Gasteiger partial charge in [0.25, 0.3) is 5.91 Å². The number of hydrogen-bond donors (Lipinski definition) is 1. The van der Waals surface area contributed by atoms with E-state index in [1.165, 1.54) is 16.2 Å². The zero-order valence-electron chi connectivity index (χ0n) is 19.0. The molecule has 1 aromatic heterocycles. The molecule has 35 heavy (non-hydrogen) atoms. The fourth-order valence-corrected chi connectivity index (χ4v) is 5.53. The van der Waals surface area contributed by atoms with Crippen molar-refractivity contribution in [2.75, 3.05) is 4.90 Å². The molecule has 1 N–H and O–H groups in total. The zero-order chi connectivity index (χ0) is 24.7. The zero-order valence-corrected chi connectivity index (χ0v) is 20.6. The van der Waals surface area contributed by atoms with Crippen molar-refractivity contribution in [3.05, 3.63) is 117 Å². The highest BCUT2D eigenvalue weighted by atomic mass is 35.5. The molecule has 0 aliphatic carbocycles. The quantitative estimate of drug-likeness (QED) is 0.304. The minimum absolute atomic E-state index is 0.0342. The molecule has 1 unspecified atom stereocenters. The number of anilines is 1. The number of hydrogen-bond acceptors (Lipinski definition) is 5. The van der Waals surface area contributed by atoms with Crippen LogP contribution in [0.3, 0.4) is 0 Å². The van der Waals surface area contributed by atoms with Gasteiger partial charge in [0.1, 0.15) is 5.01 Å². The van der Waals surface area contributed by atoms with Crippen molar-refractivity contribution in [3.63, 3.8) is 0 Å². The lowest BCUT2D eigenvalue weighted by molar-refractivity contribution is -0.117. The molecule has 1 atom stereocenters. The van der Waals surface area contributed by atoms with Crippen LogP contribution in [0.25, 0.3) is 10.6 Å². The van der Waals surface area contributed by atoms with E-state index in [9.17, 15) is 14.7 Å². The number of benzene rings is 3. The topological polar surface area (TPSA) is 70.5 Å². The molecule has 174 valence electrons. The van der Waals surface area contributed by atoms with Crippen molar-refractivity contribution in [2.24, 2.45) is 0 Å². The number of aromatic nitrogens is 1. The van der Waals surface area contributed by atoms with Crippen LogP contribution in [-0.2, 0) is 4.79 Å². The van der Waals surface area contributed by atoms with E-state index >= 15 is 0 Å². The lowest BCUT2D eigenvalue weighted by Gasteiger charge is -2.27. The number of thiazole rings is 1. The molecule has 1 aliphatic rings. The highest BCUT2D eigenvalue weighted by Gasteiger charge is 2.45. The Morgan fingerprint density at radius 3 is 2.46 bits per heavy atom. The van der Waals surface area contributed by atoms with E-state index < -0.39 is 23.5 Å². The van der Waals surface area contributed by atoms with Gasteiger partial charge < -0.3 is 5.11 Å². The number of carbonyl (C=O) groups excluding carboxylic acids is 2. The maximum Gasteiger partial charge on any atom is 0.294 e. The summed E-state index contributed by atoms with van der Waals surface area (Å²) < 4.78 is 0. The normalized spacial score (nSPS) is 15.7. The second kappa shape index (κ2) is 9.13. The summed E-state index contributed by atoms with van der Waals surface area (Å²) in [7, 11) is 0. The first kappa shape index (κ1) is 23.0. The summed E-state index contributed by atoms with van der Waals surface area (Å²) >= 11 is 7.47. The summed E-state index contributed by atoms with van der Waals surface area (Å²) in [5.41, 5.74) is 3.67. The summed E-state index contributed by atoms with van der Waals surface area (Å²) in [6.45, 7) is 3.70. The van der Waals surface area contributed by atoms with Gasteiger partial charge in [-0.15, -0.1) is 11.3 Å². The molecule has 5 rings (SSSR count). The van der Waals surface area contributed by atoms with Gasteiger partial charge in [-0.3, -0.25) is 14.5 Å². The molecular weight excluding hydrogens is 480 g/mol. The fourth-order valence-electron chi connectivity index (χ4n) is 4.32. The number of halogens is 1. The Morgan fingerprint density at radius 2 is 1.74 bits per heavy atom. The van der Waals surface area contributed by atoms with E-state index in [0.29, 0.717) is 26.3 Å². The maximum absolute atomic E-state index is 13.9. The first-order valence-electron chi connectivity index (χ1n) is 11.0. The molecule has 4 aromatic rings. The van der Waals surface area contributed by atoms with E-state index in [1.807, 2.05) is 61.5 Å². The van der Waals surface area contributed by atoms with Crippen molar-refractivity contribution in [1.82, 2.24) is 4.98 Å². The van der Waals surface area contributed by atoms with Gasteiger partial charge in [-0.1, -0.05) is 77.8 Å². The number of aryl methyl sites for hydroxylation is 2. The number of rotatable bonds is 5. The van der Waals surface area contributed by atoms with Crippen LogP contribution in [-0.4, -0.2) is 21.8 Å². The van der Waals surface area contributed by atoms with Crippen molar-refractivity contribution in [1.29, 1.82) is 0 Å². The number of aliphatic hydroxyl groups is 1. The number of aliphatic hydroxyl groups excluding tert-OH is 1. The van der Waals surface area contributed by atoms with Crippen molar-refractivity contribution >= 4 is 40.3 Å². The first-order valence-corrected chi connectivity index (χ1v) is 12.2. The fraction of sp³-hybridized carbons (Fsp3) is 0.107. The van der Waals surface area contributed by atoms with Crippen LogP contribution >= 0.6 is 22.9 Å². The standard InChI is InChI=1S/C28H21ClN2O3S/c1-16-8-6-11-19(14-16)23-22(25(33)28(34)31(23)21-13-7-12-20(29)15-21)24(32)26-17(2)30-27(35-26)18-9-4-3-5-10-18/h3-15,23,33H,1-2H3. The average Bonchev–Trinajstić information content (AvgIpc) is 3.37. The monoisotopic (exact) mass is 500 g/mol. The van der Waals surface area contributed by atoms with Crippen LogP contribution < -0.4 is 4.90 Å². The smallest absolute Gasteiger partial charge is 0.294 e. The predicted molar refractivity (Wildman–Crippen MR) is 139 cm³/mol. The third-order valence-corrected chi connectivity index (χ3v) is 7.36. The highest BCUT2D eigenvalue weighted by Crippen LogP contribution is 2.43. The van der Waals surface area contributed by atoms with Gasteiger partial charge in [-0.2, -0.15) is 0 Å². The molecule has 2 heterocycles. The van der Waals surface area contributed by atoms with Gasteiger partial charge in [0, 0.05) is 16.3 Å². The summed E-state index contributed by atoms with van der Waals surface area (Å²) in [6.07, 6.45) is 0. The van der Waals surface area contributed by atoms with Crippen molar-refractivity contribution in [2.45, 2.75) is 19.9 Å². The van der Waals surface area contributed by atoms with Crippen LogP contribution in [0.4, 0.5) is 5.69 Å². The lowest BCUT2D eigenvalue weighted by atomic mass is 9.94. The molecule has 0 radical (unpaired) electrons. The van der Waals surface area contributed by atoms with Gasteiger partial charge in [0.05, 0.1) is 22.2 Å². The Kier molecular flexibility index (Phi) is 6.01. The lowest BCUT2D eigenvalue weighted by Crippen LogP contribution is -2.31. The Labute approximate surface area is 212 Å². The van der Waals surface area contributed by atoms with E-state index in [4.69, 9.17) is 11.6 Å². The Morgan fingerprint density at radius 1 is 1.00 bits per heavy atom. The predicted octanol–water partition coefficient (Wildman–Crippen LogP) is 6.86. The molecule has 0 fully saturated rings. The second-order valence-corrected chi connectivity index (χ2v) is 9.80. The van der Waals surface area contributed by atoms with Gasteiger partial charge >= 0.3 is 0 Å². The summed E-state index contributed by atoms with van der Waals surface area (Å²) in [4.78, 5) is 33.7. The molecule has 3 aromatic carbocycles. The number of amides is 1. The Bertz CT molecular complexity index is 1490. The van der Waals surface area contributed by atoms with Gasteiger partial charge in [0.15, 0.2) is 5.76 Å². The van der Waals surface area contributed by atoms with Crippen LogP contribution in [0, 0.1) is 13.8 Å². The molecule has 0 saturated heterocycles. The number of ketones is 1. The van der Waals surface area contributed by atoms with Crippen LogP contribution in [0.1, 0.15) is 32.5 Å². The Balaban J connectivity index is 1.65. The van der Waals surface area contributed by atoms with E-state index in [1.54, 1.807) is 31.2 Å². The SMILES string of the molecule is Cc1cccc(C2C(C(=O)c3sc(-c4ccccc4)nc3C)=C(O)C(=O)N2c2cccc(Cl)c2)c1. The van der Waals surface area contributed by atoms with Crippen LogP contribution in [0.15, 0.2) is 90.2 Å². The molecular formula is C28H21ClN2O3S. The molecule has 5 nitrogen and oxygen atoms in total. The minimum atomic E-state index is -0.810. The second-order valence-electron chi connectivity index (χ2n) is 8.36. The van der Waals surface area contributed by atoms with Gasteiger partial charge in [0.2, 0.25) is 5.78 Å². The van der Waals surface area contributed by atoms with Crippen LogP contribution in [0.5, 0.6) is 0 Å². The Hall–Kier alpha value is -3.74. The highest BCUT2D eigenvalue weighted by molar-refractivity contribution is 7.17. The van der Waals surface area contributed by atoms with E-state index in [2.05, 4.69) is 4.98 Å². The molecule has 1 amide bonds. The summed E-state index contributed by atoms with van der Waals surface area (Å²) in [5.74, 6) is -1.62. The van der Waals surface area contributed by atoms with Gasteiger partial charge in [-0.05, 0) is 37.6 Å². The average molecular weight is 501 g/mol. The third-order valence-electron chi connectivity index (χ3n) is 5.92. The van der Waals surface area contributed by atoms with E-state index in [-0.39, 0.29) is 5.57 Å². The first-order chi connectivity index (χ1) is 16.8. The maximum atomic E-state index is 13.9. The largest absolute Gasteiger partial charge is 0.503 e. The number of carbonyl (C=O) groups is 2. The molecule has 0 bridgehead atoms. The molecule has 0 spiro atoms. The molecule has 1 aliphatic heterocycles. The van der Waals surface area contributed by atoms with E-state index in [0.717, 1.165) is 16.7 Å². The third kappa shape index (κ3) is 4.16. The summed E-state index contributed by atoms with van der Waals surface area (Å²) in [6, 6.07) is 23.2. The van der Waals surface area contributed by atoms with Crippen molar-refractivity contribution < 1.29 is 14.7 Å². The molecule has 7 heteroatoms. The summed E-state index contributed by atoms with van der Waals surface area (Å²) in [5, 5.41) is 12.2. The number of nitrogens with zero attached hydrogens (tertiary/aromatic N) is 2. The van der Waals surface area contributed by atoms with Crippen molar-refractivity contribution in [3.8, 4) is 10.6 Å². The molecule has 0 saturated carbocycles. The van der Waals surface area contributed by atoms with Crippen LogP contribution in [0.2, 0.25) is 5.02 Å². The number of Topliss-reactive ketones (excluding diaryl/α,β-unsaturated/α-hetero) is 1. The minimum Gasteiger partial charge on any atom is -0.503 e.